The molecule has 2 N–H and O–H groups in total. The highest BCUT2D eigenvalue weighted by atomic mass is 16.3. The van der Waals surface area contributed by atoms with Crippen molar-refractivity contribution < 1.29 is 9.90 Å². The summed E-state index contributed by atoms with van der Waals surface area (Å²) in [7, 11) is 1.72. The van der Waals surface area contributed by atoms with Gasteiger partial charge in [0.2, 0.25) is 0 Å². The smallest absolute Gasteiger partial charge is 0.163 e. The lowest BCUT2D eigenvalue weighted by molar-refractivity contribution is 0.0972. The van der Waals surface area contributed by atoms with Crippen molar-refractivity contribution in [1.29, 1.82) is 0 Å². The zero-order chi connectivity index (χ0) is 14.8. The molecule has 21 heavy (non-hydrogen) atoms. The van der Waals surface area contributed by atoms with Gasteiger partial charge in [0.1, 0.15) is 6.23 Å². The van der Waals surface area contributed by atoms with Crippen LogP contribution < -0.4 is 5.32 Å². The van der Waals surface area contributed by atoms with Gasteiger partial charge in [-0.1, -0.05) is 30.3 Å². The number of aliphatic hydroxyl groups excluding tert-OH is 1. The molecule has 0 bridgehead atoms. The molecule has 108 valence electrons. The van der Waals surface area contributed by atoms with Crippen LogP contribution in [0.2, 0.25) is 0 Å². The van der Waals surface area contributed by atoms with Crippen molar-refractivity contribution in [2.75, 3.05) is 7.05 Å². The van der Waals surface area contributed by atoms with Crippen molar-refractivity contribution in [1.82, 2.24) is 5.32 Å². The van der Waals surface area contributed by atoms with Gasteiger partial charge in [0.25, 0.3) is 0 Å². The van der Waals surface area contributed by atoms with Crippen molar-refractivity contribution in [3.05, 3.63) is 59.2 Å². The van der Waals surface area contributed by atoms with E-state index in [4.69, 9.17) is 0 Å². The monoisotopic (exact) mass is 281 g/mol. The molecule has 2 aromatic carbocycles. The van der Waals surface area contributed by atoms with E-state index >= 15 is 0 Å². The minimum atomic E-state index is -0.677. The molecule has 0 saturated heterocycles. The van der Waals surface area contributed by atoms with Gasteiger partial charge in [-0.25, -0.2) is 0 Å². The van der Waals surface area contributed by atoms with Gasteiger partial charge in [-0.3, -0.25) is 10.1 Å². The molecular formula is C18H19NO2. The van der Waals surface area contributed by atoms with Crippen molar-refractivity contribution in [3.8, 4) is 11.1 Å². The molecule has 0 spiro atoms. The summed E-state index contributed by atoms with van der Waals surface area (Å²) < 4.78 is 0. The molecule has 1 aliphatic rings. The second-order valence-corrected chi connectivity index (χ2v) is 5.47. The van der Waals surface area contributed by atoms with Crippen LogP contribution in [0.1, 0.15) is 40.6 Å². The molecule has 0 saturated carbocycles. The van der Waals surface area contributed by atoms with E-state index in [2.05, 4.69) is 17.4 Å². The molecule has 1 atom stereocenters. The average Bonchev–Trinajstić information content (AvgIpc) is 2.54. The van der Waals surface area contributed by atoms with E-state index in [0.717, 1.165) is 40.7 Å². The van der Waals surface area contributed by atoms with Crippen molar-refractivity contribution in [2.24, 2.45) is 0 Å². The summed E-state index contributed by atoms with van der Waals surface area (Å²) in [6.07, 6.45) is 1.91. The number of rotatable bonds is 3. The Kier molecular flexibility index (Phi) is 3.86. The van der Waals surface area contributed by atoms with Crippen molar-refractivity contribution in [3.63, 3.8) is 0 Å². The number of carbonyl (C=O) groups excluding carboxylic acids is 1. The number of nitrogens with one attached hydrogen (secondary N) is 1. The van der Waals surface area contributed by atoms with E-state index in [-0.39, 0.29) is 5.78 Å². The van der Waals surface area contributed by atoms with Gasteiger partial charge in [-0.05, 0) is 54.3 Å². The number of benzene rings is 2. The summed E-state index contributed by atoms with van der Waals surface area (Å²) >= 11 is 0. The predicted octanol–water partition coefficient (Wildman–Crippen LogP) is 3.08. The maximum Gasteiger partial charge on any atom is 0.163 e. The fourth-order valence-electron chi connectivity index (χ4n) is 2.86. The average molecular weight is 281 g/mol. The Morgan fingerprint density at radius 1 is 1.10 bits per heavy atom. The molecule has 0 radical (unpaired) electrons. The maximum atomic E-state index is 12.0. The van der Waals surface area contributed by atoms with E-state index in [1.165, 1.54) is 0 Å². The zero-order valence-corrected chi connectivity index (χ0v) is 12.1. The first kappa shape index (κ1) is 14.0. The van der Waals surface area contributed by atoms with Crippen LogP contribution in [0.3, 0.4) is 0 Å². The molecule has 1 aliphatic carbocycles. The SMILES string of the molecule is CNC(O)c1cccc(-c2ccc3c(c2)C(=O)CCC3)c1. The Balaban J connectivity index is 2.01. The van der Waals surface area contributed by atoms with Crippen LogP contribution in [0.5, 0.6) is 0 Å². The minimum Gasteiger partial charge on any atom is -0.374 e. The van der Waals surface area contributed by atoms with E-state index in [0.29, 0.717) is 6.42 Å². The summed E-state index contributed by atoms with van der Waals surface area (Å²) in [5, 5.41) is 12.7. The summed E-state index contributed by atoms with van der Waals surface area (Å²) in [6.45, 7) is 0. The molecule has 2 aromatic rings. The standard InChI is InChI=1S/C18H19NO2/c1-19-18(21)15-6-2-5-13(10-15)14-9-8-12-4-3-7-17(20)16(12)11-14/h2,5-6,8-11,18-19,21H,3-4,7H2,1H3. The van der Waals surface area contributed by atoms with Crippen molar-refractivity contribution in [2.45, 2.75) is 25.5 Å². The summed E-state index contributed by atoms with van der Waals surface area (Å²) in [4.78, 5) is 12.0. The number of carbonyl (C=O) groups is 1. The fraction of sp³-hybridized carbons (Fsp3) is 0.278. The molecule has 0 heterocycles. The van der Waals surface area contributed by atoms with Gasteiger partial charge in [-0.2, -0.15) is 0 Å². The molecule has 3 rings (SSSR count). The summed E-state index contributed by atoms with van der Waals surface area (Å²) in [5.41, 5.74) is 4.87. The van der Waals surface area contributed by atoms with Crippen molar-refractivity contribution >= 4 is 5.78 Å². The zero-order valence-electron chi connectivity index (χ0n) is 12.1. The normalized spacial score (nSPS) is 15.6. The van der Waals surface area contributed by atoms with Crippen LogP contribution >= 0.6 is 0 Å². The lowest BCUT2D eigenvalue weighted by atomic mass is 9.88. The molecule has 0 amide bonds. The third-order valence-corrected chi connectivity index (χ3v) is 4.07. The Bertz CT molecular complexity index is 679. The highest BCUT2D eigenvalue weighted by Crippen LogP contribution is 2.28. The van der Waals surface area contributed by atoms with E-state index in [9.17, 15) is 9.90 Å². The second-order valence-electron chi connectivity index (χ2n) is 5.47. The highest BCUT2D eigenvalue weighted by Gasteiger charge is 2.17. The van der Waals surface area contributed by atoms with Crippen LogP contribution in [-0.4, -0.2) is 17.9 Å². The Labute approximate surface area is 124 Å². The number of aryl methyl sites for hydroxylation is 1. The number of aliphatic hydroxyl groups is 1. The lowest BCUT2D eigenvalue weighted by Gasteiger charge is -2.16. The van der Waals surface area contributed by atoms with Gasteiger partial charge in [0, 0.05) is 12.0 Å². The Morgan fingerprint density at radius 3 is 2.71 bits per heavy atom. The third-order valence-electron chi connectivity index (χ3n) is 4.07. The predicted molar refractivity (Wildman–Crippen MR) is 83.2 cm³/mol. The highest BCUT2D eigenvalue weighted by molar-refractivity contribution is 5.99. The number of fused-ring (bicyclic) bond motifs is 1. The number of hydrogen-bond acceptors (Lipinski definition) is 3. The van der Waals surface area contributed by atoms with Crippen LogP contribution in [-0.2, 0) is 6.42 Å². The van der Waals surface area contributed by atoms with Gasteiger partial charge in [-0.15, -0.1) is 0 Å². The molecule has 1 unspecified atom stereocenters. The topological polar surface area (TPSA) is 49.3 Å². The van der Waals surface area contributed by atoms with Crippen LogP contribution in [0.25, 0.3) is 11.1 Å². The number of ketones is 1. The third kappa shape index (κ3) is 2.75. The van der Waals surface area contributed by atoms with Gasteiger partial charge in [0.15, 0.2) is 5.78 Å². The van der Waals surface area contributed by atoms with E-state index in [1.54, 1.807) is 7.05 Å². The molecule has 0 aliphatic heterocycles. The molecule has 0 aromatic heterocycles. The number of Topliss-reactive ketones (excluding diaryl/α,β-unsaturated/α-hetero) is 1. The maximum absolute atomic E-state index is 12.0. The molecule has 3 nitrogen and oxygen atoms in total. The quantitative estimate of drug-likeness (QED) is 0.850. The van der Waals surface area contributed by atoms with E-state index in [1.807, 2.05) is 30.3 Å². The van der Waals surface area contributed by atoms with E-state index < -0.39 is 6.23 Å². The first-order chi connectivity index (χ1) is 10.2. The number of hydrogen-bond donors (Lipinski definition) is 2. The lowest BCUT2D eigenvalue weighted by Crippen LogP contribution is -2.15. The first-order valence-corrected chi connectivity index (χ1v) is 7.31. The van der Waals surface area contributed by atoms with Crippen LogP contribution in [0.4, 0.5) is 0 Å². The largest absolute Gasteiger partial charge is 0.374 e. The minimum absolute atomic E-state index is 0.240. The van der Waals surface area contributed by atoms with Gasteiger partial charge < -0.3 is 5.11 Å². The summed E-state index contributed by atoms with van der Waals surface area (Å²) in [5.74, 6) is 0.240. The van der Waals surface area contributed by atoms with Gasteiger partial charge >= 0.3 is 0 Å². The molecular weight excluding hydrogens is 262 g/mol. The first-order valence-electron chi connectivity index (χ1n) is 7.31. The Hall–Kier alpha value is -1.97. The summed E-state index contributed by atoms with van der Waals surface area (Å²) in [6, 6.07) is 13.9. The molecule has 3 heteroatoms. The fourth-order valence-corrected chi connectivity index (χ4v) is 2.86. The van der Waals surface area contributed by atoms with Crippen LogP contribution in [0.15, 0.2) is 42.5 Å². The van der Waals surface area contributed by atoms with Gasteiger partial charge in [0.05, 0.1) is 0 Å². The van der Waals surface area contributed by atoms with Crippen LogP contribution in [0, 0.1) is 0 Å². The molecule has 0 fully saturated rings. The second kappa shape index (κ2) is 5.80. The Morgan fingerprint density at radius 2 is 1.90 bits per heavy atom.